The second-order valence-electron chi connectivity index (χ2n) is 5.31. The van der Waals surface area contributed by atoms with Gasteiger partial charge in [-0.05, 0) is 42.8 Å². The van der Waals surface area contributed by atoms with Crippen LogP contribution >= 0.6 is 11.6 Å². The number of nitrogens with two attached hydrogens (primary N) is 1. The third kappa shape index (κ3) is 5.30. The van der Waals surface area contributed by atoms with Crippen LogP contribution in [0.3, 0.4) is 0 Å². The zero-order valence-corrected chi connectivity index (χ0v) is 13.4. The first-order valence-electron chi connectivity index (χ1n) is 7.25. The maximum absolute atomic E-state index is 13.2. The van der Waals surface area contributed by atoms with Crippen molar-refractivity contribution in [3.8, 4) is 0 Å². The van der Waals surface area contributed by atoms with Crippen molar-refractivity contribution in [3.05, 3.63) is 70.2 Å². The molecule has 2 rings (SSSR count). The minimum absolute atomic E-state index is 0.130. The third-order valence-corrected chi connectivity index (χ3v) is 3.78. The molecular weight excluding hydrogens is 322 g/mol. The molecule has 1 amide bonds. The van der Waals surface area contributed by atoms with Gasteiger partial charge in [0.2, 0.25) is 0 Å². The highest BCUT2D eigenvalue weighted by atomic mass is 35.5. The third-order valence-electron chi connectivity index (χ3n) is 3.53. The monoisotopic (exact) mass is 339 g/mol. The van der Waals surface area contributed by atoms with Crippen LogP contribution in [0, 0.1) is 11.6 Å². The van der Waals surface area contributed by atoms with Gasteiger partial charge in [-0.25, -0.2) is 8.78 Å². The van der Waals surface area contributed by atoms with Gasteiger partial charge in [0.05, 0.1) is 0 Å². The van der Waals surface area contributed by atoms with E-state index in [0.29, 0.717) is 17.1 Å². The van der Waals surface area contributed by atoms with Gasteiger partial charge in [-0.2, -0.15) is 0 Å². The summed E-state index contributed by atoms with van der Waals surface area (Å²) in [7, 11) is 0. The normalized spacial score (nSPS) is 12.0. The maximum atomic E-state index is 13.2. The quantitative estimate of drug-likeness (QED) is 0.834. The number of benzene rings is 2. The smallest absolute Gasteiger partial charge is 0.275 e. The number of quaternary nitrogens is 1. The highest BCUT2D eigenvalue weighted by Crippen LogP contribution is 2.13. The summed E-state index contributed by atoms with van der Waals surface area (Å²) in [6.45, 7) is 2.45. The number of rotatable bonds is 6. The molecule has 0 aliphatic carbocycles. The van der Waals surface area contributed by atoms with Gasteiger partial charge in [0.15, 0.2) is 18.2 Å². The molecule has 0 radical (unpaired) electrons. The van der Waals surface area contributed by atoms with Crippen LogP contribution in [-0.4, -0.2) is 12.5 Å². The van der Waals surface area contributed by atoms with Crippen LogP contribution in [0.25, 0.3) is 0 Å². The fourth-order valence-electron chi connectivity index (χ4n) is 2.09. The fourth-order valence-corrected chi connectivity index (χ4v) is 2.22. The Kier molecular flexibility index (Phi) is 6.07. The second-order valence-corrected chi connectivity index (χ2v) is 5.74. The molecule has 6 heteroatoms. The van der Waals surface area contributed by atoms with Crippen LogP contribution in [-0.2, 0) is 11.3 Å². The van der Waals surface area contributed by atoms with Crippen LogP contribution in [0.1, 0.15) is 24.1 Å². The number of hydrogen-bond acceptors (Lipinski definition) is 1. The Balaban J connectivity index is 1.79. The molecule has 3 nitrogen and oxygen atoms in total. The highest BCUT2D eigenvalue weighted by Gasteiger charge is 2.13. The van der Waals surface area contributed by atoms with Gasteiger partial charge < -0.3 is 10.6 Å². The van der Waals surface area contributed by atoms with E-state index in [-0.39, 0.29) is 18.5 Å². The summed E-state index contributed by atoms with van der Waals surface area (Å²) >= 11 is 5.80. The van der Waals surface area contributed by atoms with E-state index in [2.05, 4.69) is 5.32 Å². The molecule has 23 heavy (non-hydrogen) atoms. The van der Waals surface area contributed by atoms with Crippen LogP contribution in [0.2, 0.25) is 5.02 Å². The summed E-state index contributed by atoms with van der Waals surface area (Å²) in [5.41, 5.74) is 1.59. The van der Waals surface area contributed by atoms with Gasteiger partial charge >= 0.3 is 0 Å². The Bertz CT molecular complexity index is 677. The van der Waals surface area contributed by atoms with E-state index in [1.54, 1.807) is 17.4 Å². The SMILES string of the molecule is C[C@@H]([NH2+]CC(=O)NCc1ccc(Cl)cc1)c1ccc(F)c(F)c1. The Labute approximate surface area is 138 Å². The molecule has 3 N–H and O–H groups in total. The molecule has 0 bridgehead atoms. The van der Waals surface area contributed by atoms with Gasteiger partial charge in [-0.1, -0.05) is 23.7 Å². The lowest BCUT2D eigenvalue weighted by Crippen LogP contribution is -2.87. The molecule has 2 aromatic carbocycles. The summed E-state index contributed by atoms with van der Waals surface area (Å²) in [6.07, 6.45) is 0. The number of carbonyl (C=O) groups excluding carboxylic acids is 1. The zero-order valence-electron chi connectivity index (χ0n) is 12.7. The van der Waals surface area contributed by atoms with Crippen molar-refractivity contribution >= 4 is 17.5 Å². The van der Waals surface area contributed by atoms with E-state index in [1.165, 1.54) is 6.07 Å². The Morgan fingerprint density at radius 3 is 2.52 bits per heavy atom. The summed E-state index contributed by atoms with van der Waals surface area (Å²) < 4.78 is 26.1. The van der Waals surface area contributed by atoms with Gasteiger partial charge in [-0.3, -0.25) is 4.79 Å². The Hall–Kier alpha value is -1.98. The minimum Gasteiger partial charge on any atom is -0.347 e. The van der Waals surface area contributed by atoms with Crippen molar-refractivity contribution in [2.24, 2.45) is 0 Å². The molecule has 0 aliphatic rings. The molecule has 0 aromatic heterocycles. The Morgan fingerprint density at radius 1 is 1.17 bits per heavy atom. The maximum Gasteiger partial charge on any atom is 0.275 e. The number of halogens is 3. The van der Waals surface area contributed by atoms with Crippen LogP contribution < -0.4 is 10.6 Å². The molecule has 1 atom stereocenters. The number of carbonyl (C=O) groups is 1. The summed E-state index contributed by atoms with van der Waals surface area (Å²) in [4.78, 5) is 11.8. The average Bonchev–Trinajstić information content (AvgIpc) is 2.54. The lowest BCUT2D eigenvalue weighted by atomic mass is 10.1. The largest absolute Gasteiger partial charge is 0.347 e. The second kappa shape index (κ2) is 8.04. The molecule has 0 saturated heterocycles. The van der Waals surface area contributed by atoms with Gasteiger partial charge in [0, 0.05) is 17.1 Å². The zero-order chi connectivity index (χ0) is 16.8. The first-order chi connectivity index (χ1) is 11.0. The van der Waals surface area contributed by atoms with Crippen molar-refractivity contribution in [2.45, 2.75) is 19.5 Å². The van der Waals surface area contributed by atoms with Crippen molar-refractivity contribution in [3.63, 3.8) is 0 Å². The summed E-state index contributed by atoms with van der Waals surface area (Å²) in [5.74, 6) is -1.88. The Morgan fingerprint density at radius 2 is 1.87 bits per heavy atom. The molecule has 0 unspecified atom stereocenters. The highest BCUT2D eigenvalue weighted by molar-refractivity contribution is 6.30. The molecule has 0 heterocycles. The van der Waals surface area contributed by atoms with Crippen molar-refractivity contribution in [2.75, 3.05) is 6.54 Å². The molecule has 0 saturated carbocycles. The van der Waals surface area contributed by atoms with E-state index in [4.69, 9.17) is 11.6 Å². The number of nitrogens with one attached hydrogen (secondary N) is 1. The van der Waals surface area contributed by atoms with Gasteiger partial charge in [0.25, 0.3) is 5.91 Å². The van der Waals surface area contributed by atoms with E-state index in [0.717, 1.165) is 17.7 Å². The van der Waals surface area contributed by atoms with E-state index in [9.17, 15) is 13.6 Å². The molecular formula is C17H18ClF2N2O+. The number of amides is 1. The van der Waals surface area contributed by atoms with E-state index < -0.39 is 11.6 Å². The first kappa shape index (κ1) is 17.4. The lowest BCUT2D eigenvalue weighted by molar-refractivity contribution is -0.682. The van der Waals surface area contributed by atoms with Crippen LogP contribution in [0.4, 0.5) is 8.78 Å². The van der Waals surface area contributed by atoms with Crippen LogP contribution in [0.15, 0.2) is 42.5 Å². The van der Waals surface area contributed by atoms with E-state index in [1.807, 2.05) is 19.1 Å². The molecule has 2 aromatic rings. The van der Waals surface area contributed by atoms with Crippen molar-refractivity contribution in [1.82, 2.24) is 5.32 Å². The van der Waals surface area contributed by atoms with Crippen LogP contribution in [0.5, 0.6) is 0 Å². The topological polar surface area (TPSA) is 45.7 Å². The summed E-state index contributed by atoms with van der Waals surface area (Å²) in [6, 6.07) is 10.8. The minimum atomic E-state index is -0.880. The summed E-state index contributed by atoms with van der Waals surface area (Å²) in [5, 5.41) is 5.21. The molecule has 0 fully saturated rings. The van der Waals surface area contributed by atoms with Crippen molar-refractivity contribution in [1.29, 1.82) is 0 Å². The fraction of sp³-hybridized carbons (Fsp3) is 0.235. The number of hydrogen-bond donors (Lipinski definition) is 2. The standard InChI is InChI=1S/C17H17ClF2N2O/c1-11(13-4-7-15(19)16(20)8-13)21-10-17(23)22-9-12-2-5-14(18)6-3-12/h2-8,11,21H,9-10H2,1H3,(H,22,23)/p+1/t11-/m1/s1. The lowest BCUT2D eigenvalue weighted by Gasteiger charge is -2.11. The van der Waals surface area contributed by atoms with Crippen molar-refractivity contribution < 1.29 is 18.9 Å². The predicted octanol–water partition coefficient (Wildman–Crippen LogP) is 2.56. The molecule has 0 spiro atoms. The molecule has 122 valence electrons. The first-order valence-corrected chi connectivity index (χ1v) is 7.63. The van der Waals surface area contributed by atoms with Gasteiger partial charge in [-0.15, -0.1) is 0 Å². The predicted molar refractivity (Wildman–Crippen MR) is 84.9 cm³/mol. The average molecular weight is 340 g/mol. The van der Waals surface area contributed by atoms with Gasteiger partial charge in [0.1, 0.15) is 6.04 Å². The molecule has 0 aliphatic heterocycles. The van der Waals surface area contributed by atoms with E-state index >= 15 is 0 Å².